The molecule has 0 saturated carbocycles. The van der Waals surface area contributed by atoms with Crippen LogP contribution in [0.1, 0.15) is 25.7 Å². The van der Waals surface area contributed by atoms with E-state index in [2.05, 4.69) is 96.0 Å². The first-order chi connectivity index (χ1) is 14.4. The molecule has 0 unspecified atom stereocenters. The first-order valence-electron chi connectivity index (χ1n) is 10.4. The summed E-state index contributed by atoms with van der Waals surface area (Å²) in [5, 5.41) is 4.36. The summed E-state index contributed by atoms with van der Waals surface area (Å²) in [7, 11) is -0.947. The summed E-state index contributed by atoms with van der Waals surface area (Å²) in [6.07, 6.45) is 7.08. The van der Waals surface area contributed by atoms with Crippen molar-refractivity contribution in [1.29, 1.82) is 0 Å². The molecule has 0 atom stereocenters. The average Bonchev–Trinajstić information content (AvgIpc) is 2.80. The number of unbranched alkanes of at least 4 members (excludes halogenated alkanes) is 3. The van der Waals surface area contributed by atoms with Gasteiger partial charge in [0.1, 0.15) is 0 Å². The second-order valence-electron chi connectivity index (χ2n) is 7.15. The van der Waals surface area contributed by atoms with Crippen molar-refractivity contribution < 1.29 is 4.70 Å². The molecule has 0 fully saturated rings. The van der Waals surface area contributed by atoms with Crippen molar-refractivity contribution >= 4 is 36.4 Å². The number of rotatable bonds is 11. The van der Waals surface area contributed by atoms with Crippen molar-refractivity contribution in [3.05, 3.63) is 91.0 Å². The summed E-state index contributed by atoms with van der Waals surface area (Å²) in [6.45, 7) is 0.745. The van der Waals surface area contributed by atoms with Gasteiger partial charge in [-0.2, -0.15) is 0 Å². The quantitative estimate of drug-likeness (QED) is 0.200. The fourth-order valence-corrected chi connectivity index (χ4v) is 8.32. The Bertz CT molecular complexity index is 788. The van der Waals surface area contributed by atoms with Gasteiger partial charge in [-0.3, -0.25) is 0 Å². The minimum atomic E-state index is -1.70. The molecule has 3 aromatic rings. The van der Waals surface area contributed by atoms with E-state index in [0.717, 1.165) is 26.5 Å². The second kappa shape index (κ2) is 11.6. The van der Waals surface area contributed by atoms with E-state index < -0.39 is 7.26 Å². The Morgan fingerprint density at radius 3 is 1.55 bits per heavy atom. The molecule has 3 rings (SSSR count). The molecule has 2 nitrogen and oxygen atoms in total. The van der Waals surface area contributed by atoms with E-state index in [4.69, 9.17) is 0 Å². The van der Waals surface area contributed by atoms with Gasteiger partial charge in [-0.15, -0.1) is 0 Å². The first-order valence-corrected chi connectivity index (χ1v) is 12.3. The van der Waals surface area contributed by atoms with E-state index in [9.17, 15) is 4.70 Å². The van der Waals surface area contributed by atoms with Gasteiger partial charge in [0, 0.05) is 0 Å². The van der Waals surface area contributed by atoms with E-state index in [0.29, 0.717) is 0 Å². The number of hydrogen-bond acceptors (Lipinski definition) is 2. The molecule has 0 aliphatic heterocycles. The third kappa shape index (κ3) is 5.58. The molecule has 0 aliphatic rings. The summed E-state index contributed by atoms with van der Waals surface area (Å²) in [5.74, 6) is 0. The molecule has 0 aromatic heterocycles. The SMILES string of the molecule is O=BC=NCCCCCC[P+](c1ccccc1)(c1ccccc1)c1ccccc1. The maximum absolute atomic E-state index is 10.3. The molecule has 29 heavy (non-hydrogen) atoms. The summed E-state index contributed by atoms with van der Waals surface area (Å²) in [6, 6.07) is 33.2. The number of nitrogens with zero attached hydrogens (tertiary/aromatic N) is 1. The van der Waals surface area contributed by atoms with Crippen LogP contribution in [0.3, 0.4) is 0 Å². The summed E-state index contributed by atoms with van der Waals surface area (Å²) in [5.41, 5.74) is 0. The Morgan fingerprint density at radius 1 is 0.655 bits per heavy atom. The van der Waals surface area contributed by atoms with Crippen molar-refractivity contribution in [2.24, 2.45) is 4.99 Å². The van der Waals surface area contributed by atoms with Gasteiger partial charge < -0.3 is 0 Å². The molecule has 0 saturated heterocycles. The number of hydrogen-bond donors (Lipinski definition) is 0. The van der Waals surface area contributed by atoms with Crippen LogP contribution in [-0.4, -0.2) is 26.0 Å². The Kier molecular flexibility index (Phi) is 8.52. The zero-order chi connectivity index (χ0) is 20.2. The van der Waals surface area contributed by atoms with Crippen LogP contribution in [-0.2, 0) is 4.70 Å². The van der Waals surface area contributed by atoms with Gasteiger partial charge in [0.15, 0.2) is 0 Å². The molecule has 4 heteroatoms. The molecule has 0 radical (unpaired) electrons. The Labute approximate surface area is 175 Å². The molecule has 146 valence electrons. The van der Waals surface area contributed by atoms with Gasteiger partial charge in [0.2, 0.25) is 0 Å². The zero-order valence-corrected chi connectivity index (χ0v) is 17.8. The third-order valence-corrected chi connectivity index (χ3v) is 9.81. The number of aliphatic imine (C=N–C) groups is 1. The zero-order valence-electron chi connectivity index (χ0n) is 16.9. The van der Waals surface area contributed by atoms with Crippen LogP contribution in [0.25, 0.3) is 0 Å². The molecule has 0 amide bonds. The van der Waals surface area contributed by atoms with Crippen LogP contribution < -0.4 is 15.9 Å². The van der Waals surface area contributed by atoms with Crippen LogP contribution in [0.2, 0.25) is 0 Å². The molecule has 0 aliphatic carbocycles. The monoisotopic (exact) mass is 400 g/mol. The molecular formula is C25H28BNOP+. The summed E-state index contributed by atoms with van der Waals surface area (Å²) in [4.78, 5) is 4.09. The van der Waals surface area contributed by atoms with E-state index in [-0.39, 0.29) is 0 Å². The summed E-state index contributed by atoms with van der Waals surface area (Å²) < 4.78 is 10.3. The standard InChI is InChI=1S/C25H28BNOP/c28-26-22-27-20-12-1-2-13-21-29(23-14-6-3-7-15-23,24-16-8-4-9-17-24)25-18-10-5-11-19-25/h3-11,14-19,22H,1-2,12-13,20-21H2/q+1. The average molecular weight is 400 g/mol. The third-order valence-electron chi connectivity index (χ3n) is 5.29. The fourth-order valence-electron chi connectivity index (χ4n) is 3.91. The Balaban J connectivity index is 1.87. The predicted octanol–water partition coefficient (Wildman–Crippen LogP) is 4.62. The van der Waals surface area contributed by atoms with Gasteiger partial charge in [0.25, 0.3) is 0 Å². The van der Waals surface area contributed by atoms with E-state index in [1.54, 1.807) is 0 Å². The fraction of sp³-hybridized carbons (Fsp3) is 0.240. The molecule has 0 N–H and O–H groups in total. The van der Waals surface area contributed by atoms with Crippen LogP contribution in [0.4, 0.5) is 0 Å². The molecule has 0 bridgehead atoms. The van der Waals surface area contributed by atoms with Crippen molar-refractivity contribution in [1.82, 2.24) is 0 Å². The van der Waals surface area contributed by atoms with E-state index >= 15 is 0 Å². The van der Waals surface area contributed by atoms with Crippen molar-refractivity contribution in [2.75, 3.05) is 12.7 Å². The maximum atomic E-state index is 10.3. The molecule has 3 aromatic carbocycles. The van der Waals surface area contributed by atoms with Crippen LogP contribution in [0.15, 0.2) is 96.0 Å². The molecule has 0 heterocycles. The van der Waals surface area contributed by atoms with Gasteiger partial charge in [-0.25, -0.2) is 0 Å². The van der Waals surface area contributed by atoms with Gasteiger partial charge in [0.05, 0.1) is 0 Å². The van der Waals surface area contributed by atoms with Crippen LogP contribution in [0, 0.1) is 0 Å². The van der Waals surface area contributed by atoms with Crippen molar-refractivity contribution in [2.45, 2.75) is 25.7 Å². The minimum absolute atomic E-state index is 0.745. The normalized spacial score (nSPS) is 11.4. The molecular weight excluding hydrogens is 372 g/mol. The van der Waals surface area contributed by atoms with Gasteiger partial charge >= 0.3 is 157 Å². The van der Waals surface area contributed by atoms with Crippen LogP contribution in [0.5, 0.6) is 0 Å². The first kappa shape index (κ1) is 21.3. The summed E-state index contributed by atoms with van der Waals surface area (Å²) >= 11 is 0. The predicted molar refractivity (Wildman–Crippen MR) is 128 cm³/mol. The van der Waals surface area contributed by atoms with Gasteiger partial charge in [-0.05, 0) is 0 Å². The van der Waals surface area contributed by atoms with Crippen LogP contribution >= 0.6 is 7.26 Å². The van der Waals surface area contributed by atoms with Crippen molar-refractivity contribution in [3.8, 4) is 0 Å². The number of benzene rings is 3. The molecule has 0 spiro atoms. The topological polar surface area (TPSA) is 29.4 Å². The van der Waals surface area contributed by atoms with E-state index in [1.807, 2.05) is 0 Å². The Hall–Kier alpha value is -2.38. The van der Waals surface area contributed by atoms with E-state index in [1.165, 1.54) is 41.0 Å². The van der Waals surface area contributed by atoms with Crippen molar-refractivity contribution in [3.63, 3.8) is 0 Å². The Morgan fingerprint density at radius 2 is 1.10 bits per heavy atom. The second-order valence-corrected chi connectivity index (χ2v) is 10.8. The van der Waals surface area contributed by atoms with Gasteiger partial charge in [-0.1, -0.05) is 18.2 Å².